The van der Waals surface area contributed by atoms with Crippen molar-refractivity contribution in [3.63, 3.8) is 0 Å². The number of hydrogen-bond donors (Lipinski definition) is 1. The molecule has 0 amide bonds. The van der Waals surface area contributed by atoms with Gasteiger partial charge in [0.2, 0.25) is 0 Å². The van der Waals surface area contributed by atoms with Crippen LogP contribution in [0, 0.1) is 5.41 Å². The molecule has 9 heteroatoms. The van der Waals surface area contributed by atoms with E-state index in [1.54, 1.807) is 30.4 Å². The van der Waals surface area contributed by atoms with Gasteiger partial charge in [0.25, 0.3) is 0 Å². The highest BCUT2D eigenvalue weighted by molar-refractivity contribution is 8.00. The summed E-state index contributed by atoms with van der Waals surface area (Å²) in [5.41, 5.74) is 8.19. The number of aromatic nitrogens is 2. The molecule has 4 heterocycles. The first kappa shape index (κ1) is 21.8. The van der Waals surface area contributed by atoms with Gasteiger partial charge >= 0.3 is 0 Å². The summed E-state index contributed by atoms with van der Waals surface area (Å²) in [5, 5.41) is 0.677. The molecule has 0 bridgehead atoms. The van der Waals surface area contributed by atoms with Crippen molar-refractivity contribution in [2.24, 2.45) is 21.1 Å². The van der Waals surface area contributed by atoms with Crippen LogP contribution in [0.25, 0.3) is 11.3 Å². The summed E-state index contributed by atoms with van der Waals surface area (Å²) in [6.45, 7) is 5.37. The fourth-order valence-corrected chi connectivity index (χ4v) is 5.99. The van der Waals surface area contributed by atoms with Gasteiger partial charge in [0.05, 0.1) is 42.4 Å². The number of hydrogen-bond acceptors (Lipinski definition) is 8. The van der Waals surface area contributed by atoms with Crippen LogP contribution in [0.3, 0.4) is 0 Å². The van der Waals surface area contributed by atoms with Crippen LogP contribution in [0.15, 0.2) is 51.7 Å². The van der Waals surface area contributed by atoms with Gasteiger partial charge in [-0.05, 0) is 25.8 Å². The molecule has 3 aliphatic rings. The molecule has 5 rings (SSSR count). The highest BCUT2D eigenvalue weighted by Crippen LogP contribution is 2.41. The first-order valence-corrected chi connectivity index (χ1v) is 12.2. The number of ether oxygens (including phenoxy) is 1. The Labute approximate surface area is 197 Å². The van der Waals surface area contributed by atoms with Crippen molar-refractivity contribution in [1.82, 2.24) is 14.9 Å². The Morgan fingerprint density at radius 2 is 2.09 bits per heavy atom. The third-order valence-corrected chi connectivity index (χ3v) is 8.42. The Bertz CT molecular complexity index is 1020. The molecule has 2 N–H and O–H groups in total. The van der Waals surface area contributed by atoms with Crippen LogP contribution in [-0.2, 0) is 4.74 Å². The van der Waals surface area contributed by atoms with Gasteiger partial charge in [0.15, 0.2) is 0 Å². The second kappa shape index (κ2) is 9.09. The quantitative estimate of drug-likeness (QED) is 0.738. The standard InChI is InChI=1S/C23H27ClN6OS/c1-15-22(25)23(14-31-15)5-9-30(10-6-23)19-12-29-20(13-28-19)32-18-4-2-3-16(21(18)24)17-11-26-7-8-27-17/h2-4,7-8,11-12,15,20,22H,5-6,9-10,13-14,25H2,1H3/t15-,20?,22+/m0/s1. The number of rotatable bonds is 3. The molecule has 3 atom stereocenters. The monoisotopic (exact) mass is 470 g/mol. The number of thioether (sulfide) groups is 1. The Hall–Kier alpha value is -2.00. The number of nitrogens with two attached hydrogens (primary N) is 1. The Morgan fingerprint density at radius 1 is 1.25 bits per heavy atom. The molecule has 2 saturated heterocycles. The Kier molecular flexibility index (Phi) is 6.20. The van der Waals surface area contributed by atoms with Crippen molar-refractivity contribution in [2.45, 2.75) is 42.2 Å². The van der Waals surface area contributed by atoms with E-state index in [4.69, 9.17) is 32.1 Å². The van der Waals surface area contributed by atoms with Gasteiger partial charge < -0.3 is 15.4 Å². The summed E-state index contributed by atoms with van der Waals surface area (Å²) in [6.07, 6.45) is 9.17. The number of piperidine rings is 1. The van der Waals surface area contributed by atoms with Crippen molar-refractivity contribution in [2.75, 3.05) is 26.2 Å². The summed E-state index contributed by atoms with van der Waals surface area (Å²) in [6, 6.07) is 6.08. The van der Waals surface area contributed by atoms with E-state index in [9.17, 15) is 0 Å². The van der Waals surface area contributed by atoms with E-state index in [-0.39, 0.29) is 22.9 Å². The highest BCUT2D eigenvalue weighted by Gasteiger charge is 2.47. The Balaban J connectivity index is 1.21. The van der Waals surface area contributed by atoms with E-state index in [1.165, 1.54) is 0 Å². The zero-order valence-corrected chi connectivity index (χ0v) is 19.6. The highest BCUT2D eigenvalue weighted by atomic mass is 35.5. The van der Waals surface area contributed by atoms with E-state index in [2.05, 4.69) is 21.8 Å². The summed E-state index contributed by atoms with van der Waals surface area (Å²) in [7, 11) is 0. The minimum Gasteiger partial charge on any atom is -0.376 e. The van der Waals surface area contributed by atoms with Crippen molar-refractivity contribution < 1.29 is 4.74 Å². The number of benzene rings is 1. The molecule has 1 aromatic carbocycles. The van der Waals surface area contributed by atoms with Crippen molar-refractivity contribution >= 4 is 35.4 Å². The van der Waals surface area contributed by atoms with Crippen LogP contribution < -0.4 is 5.73 Å². The van der Waals surface area contributed by atoms with Gasteiger partial charge in [0, 0.05) is 47.4 Å². The van der Waals surface area contributed by atoms with Gasteiger partial charge in [-0.2, -0.15) is 0 Å². The van der Waals surface area contributed by atoms with E-state index in [0.717, 1.165) is 54.5 Å². The smallest absolute Gasteiger partial charge is 0.141 e. The zero-order chi connectivity index (χ0) is 22.1. The summed E-state index contributed by atoms with van der Waals surface area (Å²) < 4.78 is 5.83. The first-order valence-electron chi connectivity index (χ1n) is 11.0. The average molecular weight is 471 g/mol. The fraction of sp³-hybridized carbons (Fsp3) is 0.478. The molecule has 2 fully saturated rings. The lowest BCUT2D eigenvalue weighted by Gasteiger charge is -2.42. The molecular weight excluding hydrogens is 444 g/mol. The molecule has 168 valence electrons. The maximum absolute atomic E-state index is 6.69. The van der Waals surface area contributed by atoms with Crippen LogP contribution in [-0.4, -0.2) is 70.7 Å². The minimum atomic E-state index is 0.00185. The molecule has 3 aliphatic heterocycles. The lowest BCUT2D eigenvalue weighted by atomic mass is 9.73. The van der Waals surface area contributed by atoms with Gasteiger partial charge in [-0.15, -0.1) is 0 Å². The minimum absolute atomic E-state index is 0.00185. The third-order valence-electron chi connectivity index (χ3n) is 6.76. The maximum atomic E-state index is 6.69. The number of likely N-dealkylation sites (tertiary alicyclic amines) is 1. The number of aliphatic imine (C=N–C) groups is 2. The van der Waals surface area contributed by atoms with Crippen molar-refractivity contribution in [3.8, 4) is 11.3 Å². The van der Waals surface area contributed by atoms with Gasteiger partial charge in [-0.1, -0.05) is 35.5 Å². The zero-order valence-electron chi connectivity index (χ0n) is 18.0. The van der Waals surface area contributed by atoms with E-state index in [0.29, 0.717) is 11.6 Å². The predicted octanol–water partition coefficient (Wildman–Crippen LogP) is 3.53. The number of halogens is 1. The fourth-order valence-electron chi connectivity index (χ4n) is 4.70. The van der Waals surface area contributed by atoms with E-state index in [1.807, 2.05) is 24.4 Å². The molecule has 0 radical (unpaired) electrons. The number of nitrogens with zero attached hydrogens (tertiary/aromatic N) is 5. The molecule has 1 unspecified atom stereocenters. The second-order valence-corrected chi connectivity index (χ2v) is 10.2. The van der Waals surface area contributed by atoms with Gasteiger partial charge in [-0.25, -0.2) is 0 Å². The topological polar surface area (TPSA) is 89.0 Å². The predicted molar refractivity (Wildman–Crippen MR) is 130 cm³/mol. The van der Waals surface area contributed by atoms with Gasteiger partial charge in [-0.3, -0.25) is 20.0 Å². The molecule has 1 aromatic heterocycles. The van der Waals surface area contributed by atoms with Gasteiger partial charge in [0.1, 0.15) is 11.2 Å². The average Bonchev–Trinajstić information content (AvgIpc) is 3.10. The third kappa shape index (κ3) is 4.17. The lowest BCUT2D eigenvalue weighted by molar-refractivity contribution is 0.0842. The van der Waals surface area contributed by atoms with Crippen molar-refractivity contribution in [3.05, 3.63) is 41.8 Å². The lowest BCUT2D eigenvalue weighted by Crippen LogP contribution is -2.52. The largest absolute Gasteiger partial charge is 0.376 e. The molecular formula is C23H27ClN6OS. The SMILES string of the molecule is C[C@@H]1OCC2(CCN(C3=NCC(Sc4cccc(-c5cnccn5)c4Cl)N=C3)CC2)[C@@H]1N. The van der Waals surface area contributed by atoms with E-state index >= 15 is 0 Å². The summed E-state index contributed by atoms with van der Waals surface area (Å²) >= 11 is 8.32. The van der Waals surface area contributed by atoms with Crippen LogP contribution in [0.4, 0.5) is 0 Å². The second-order valence-electron chi connectivity index (χ2n) is 8.65. The van der Waals surface area contributed by atoms with Crippen molar-refractivity contribution in [1.29, 1.82) is 0 Å². The molecule has 1 spiro atoms. The van der Waals surface area contributed by atoms with Crippen LogP contribution in [0.1, 0.15) is 19.8 Å². The summed E-state index contributed by atoms with van der Waals surface area (Å²) in [4.78, 5) is 21.4. The maximum Gasteiger partial charge on any atom is 0.141 e. The Morgan fingerprint density at radius 3 is 2.75 bits per heavy atom. The first-order chi connectivity index (χ1) is 15.6. The van der Waals surface area contributed by atoms with Crippen LogP contribution >= 0.6 is 23.4 Å². The molecule has 2 aromatic rings. The summed E-state index contributed by atoms with van der Waals surface area (Å²) in [5.74, 6) is 0.969. The van der Waals surface area contributed by atoms with E-state index < -0.39 is 0 Å². The molecule has 7 nitrogen and oxygen atoms in total. The normalized spacial score (nSPS) is 27.0. The van der Waals surface area contributed by atoms with Crippen LogP contribution in [0.2, 0.25) is 5.02 Å². The molecule has 0 saturated carbocycles. The van der Waals surface area contributed by atoms with Crippen LogP contribution in [0.5, 0.6) is 0 Å². The number of amidine groups is 1. The molecule has 32 heavy (non-hydrogen) atoms. The molecule has 0 aliphatic carbocycles.